The molecule has 160 valence electrons. The van der Waals surface area contributed by atoms with E-state index < -0.39 is 0 Å². The van der Waals surface area contributed by atoms with E-state index in [0.717, 1.165) is 42.1 Å². The quantitative estimate of drug-likeness (QED) is 0.492. The van der Waals surface area contributed by atoms with Gasteiger partial charge in [-0.1, -0.05) is 51.7 Å². The highest BCUT2D eigenvalue weighted by Crippen LogP contribution is 2.40. The second kappa shape index (κ2) is 9.67. The highest BCUT2D eigenvalue weighted by atomic mass is 16.5. The Kier molecular flexibility index (Phi) is 6.98. The molecule has 0 saturated heterocycles. The first-order chi connectivity index (χ1) is 14.1. The van der Waals surface area contributed by atoms with Crippen LogP contribution < -0.4 is 0 Å². The van der Waals surface area contributed by atoms with Crippen LogP contribution in [-0.2, 0) is 4.74 Å². The van der Waals surface area contributed by atoms with Gasteiger partial charge in [0.1, 0.15) is 6.10 Å². The molecule has 3 aliphatic rings. The van der Waals surface area contributed by atoms with E-state index in [4.69, 9.17) is 4.74 Å². The summed E-state index contributed by atoms with van der Waals surface area (Å²) >= 11 is 0. The molecule has 0 aliphatic heterocycles. The van der Waals surface area contributed by atoms with Crippen molar-refractivity contribution in [3.63, 3.8) is 0 Å². The van der Waals surface area contributed by atoms with Gasteiger partial charge < -0.3 is 4.74 Å². The van der Waals surface area contributed by atoms with Crippen LogP contribution in [0.2, 0.25) is 0 Å². The molecule has 0 bridgehead atoms. The Labute approximate surface area is 177 Å². The van der Waals surface area contributed by atoms with Crippen molar-refractivity contribution in [1.29, 1.82) is 0 Å². The fourth-order valence-electron chi connectivity index (χ4n) is 6.14. The topological polar surface area (TPSA) is 26.3 Å². The maximum Gasteiger partial charge on any atom is 0.338 e. The van der Waals surface area contributed by atoms with Crippen molar-refractivity contribution in [3.8, 4) is 0 Å². The van der Waals surface area contributed by atoms with Crippen molar-refractivity contribution >= 4 is 5.97 Å². The van der Waals surface area contributed by atoms with Crippen LogP contribution >= 0.6 is 0 Å². The lowest BCUT2D eigenvalue weighted by Gasteiger charge is -2.37. The molecule has 1 aromatic carbocycles. The molecule has 1 aromatic rings. The summed E-state index contributed by atoms with van der Waals surface area (Å²) in [6, 6.07) is 8.31. The Bertz CT molecular complexity index is 640. The number of benzene rings is 1. The average Bonchev–Trinajstić information content (AvgIpc) is 2.76. The van der Waals surface area contributed by atoms with Crippen molar-refractivity contribution in [2.75, 3.05) is 0 Å². The van der Waals surface area contributed by atoms with Crippen molar-refractivity contribution in [2.24, 2.45) is 23.7 Å². The third kappa shape index (κ3) is 5.44. The summed E-state index contributed by atoms with van der Waals surface area (Å²) in [5.41, 5.74) is 2.12. The zero-order valence-electron chi connectivity index (χ0n) is 18.6. The molecule has 0 amide bonds. The van der Waals surface area contributed by atoms with Gasteiger partial charge in [-0.15, -0.1) is 0 Å². The van der Waals surface area contributed by atoms with Gasteiger partial charge in [-0.3, -0.25) is 0 Å². The van der Waals surface area contributed by atoms with E-state index in [1.807, 2.05) is 12.1 Å². The lowest BCUT2D eigenvalue weighted by molar-refractivity contribution is 0.0111. The molecule has 0 unspecified atom stereocenters. The smallest absolute Gasteiger partial charge is 0.338 e. The van der Waals surface area contributed by atoms with E-state index in [-0.39, 0.29) is 12.1 Å². The maximum atomic E-state index is 12.6. The summed E-state index contributed by atoms with van der Waals surface area (Å²) in [5, 5.41) is 0. The second-order valence-electron chi connectivity index (χ2n) is 10.5. The lowest BCUT2D eigenvalue weighted by atomic mass is 9.71. The molecule has 4 rings (SSSR count). The Balaban J connectivity index is 1.23. The summed E-state index contributed by atoms with van der Waals surface area (Å²) in [7, 11) is 0. The van der Waals surface area contributed by atoms with Gasteiger partial charge in [0.25, 0.3) is 0 Å². The van der Waals surface area contributed by atoms with E-state index in [1.54, 1.807) is 0 Å². The molecule has 3 saturated carbocycles. The molecule has 3 aliphatic carbocycles. The first kappa shape index (κ1) is 20.9. The number of rotatable bonds is 4. The second-order valence-corrected chi connectivity index (χ2v) is 10.5. The van der Waals surface area contributed by atoms with Gasteiger partial charge in [-0.25, -0.2) is 4.79 Å². The summed E-state index contributed by atoms with van der Waals surface area (Å²) < 4.78 is 5.89. The van der Waals surface area contributed by atoms with E-state index in [2.05, 4.69) is 26.0 Å². The minimum atomic E-state index is -0.122. The van der Waals surface area contributed by atoms with Gasteiger partial charge >= 0.3 is 5.97 Å². The molecule has 0 spiro atoms. The van der Waals surface area contributed by atoms with Gasteiger partial charge in [0.05, 0.1) is 5.56 Å². The Morgan fingerprint density at radius 3 is 1.72 bits per heavy atom. The van der Waals surface area contributed by atoms with Gasteiger partial charge in [0.2, 0.25) is 0 Å². The Morgan fingerprint density at radius 2 is 1.17 bits per heavy atom. The molecule has 2 heteroatoms. The number of carbonyl (C=O) groups is 1. The molecule has 2 nitrogen and oxygen atoms in total. The number of hydrogen-bond acceptors (Lipinski definition) is 2. The Hall–Kier alpha value is -1.31. The van der Waals surface area contributed by atoms with Crippen molar-refractivity contribution in [2.45, 2.75) is 103 Å². The monoisotopic (exact) mass is 396 g/mol. The zero-order chi connectivity index (χ0) is 20.2. The number of esters is 1. The van der Waals surface area contributed by atoms with Gasteiger partial charge in [0.15, 0.2) is 0 Å². The minimum absolute atomic E-state index is 0.122. The standard InChI is InChI=1S/C27H40O2/c1-19-3-7-21(8-4-19)23-11-13-25(14-12-23)27(28)29-26-17-15-24(16-18-26)22-9-5-20(2)6-10-22/h11-14,19-22,24,26H,3-10,15-18H2,1-2H3. The largest absolute Gasteiger partial charge is 0.459 e. The van der Waals surface area contributed by atoms with Crippen LogP contribution in [0.25, 0.3) is 0 Å². The van der Waals surface area contributed by atoms with Crippen LogP contribution in [0.3, 0.4) is 0 Å². The molecule has 0 radical (unpaired) electrons. The molecule has 3 fully saturated rings. The number of carbonyl (C=O) groups excluding carboxylic acids is 1. The molecule has 0 heterocycles. The van der Waals surface area contributed by atoms with Gasteiger partial charge in [0, 0.05) is 0 Å². The van der Waals surface area contributed by atoms with Crippen LogP contribution in [-0.4, -0.2) is 12.1 Å². The SMILES string of the molecule is CC1CCC(c2ccc(C(=O)OC3CCC(C4CCC(C)CC4)CC3)cc2)CC1. The normalized spacial score (nSPS) is 35.8. The molecule has 0 N–H and O–H groups in total. The van der Waals surface area contributed by atoms with Crippen molar-refractivity contribution in [3.05, 3.63) is 35.4 Å². The van der Waals surface area contributed by atoms with Crippen molar-refractivity contribution < 1.29 is 9.53 Å². The third-order valence-corrected chi connectivity index (χ3v) is 8.35. The van der Waals surface area contributed by atoms with Crippen LogP contribution in [0.15, 0.2) is 24.3 Å². The van der Waals surface area contributed by atoms with Crippen LogP contribution in [0.1, 0.15) is 113 Å². The van der Waals surface area contributed by atoms with Crippen LogP contribution in [0, 0.1) is 23.7 Å². The minimum Gasteiger partial charge on any atom is -0.459 e. The fourth-order valence-corrected chi connectivity index (χ4v) is 6.14. The predicted molar refractivity (Wildman–Crippen MR) is 119 cm³/mol. The third-order valence-electron chi connectivity index (χ3n) is 8.35. The first-order valence-electron chi connectivity index (χ1n) is 12.4. The summed E-state index contributed by atoms with van der Waals surface area (Å²) in [6.45, 7) is 4.76. The van der Waals surface area contributed by atoms with E-state index in [0.29, 0.717) is 5.92 Å². The molecule has 0 atom stereocenters. The van der Waals surface area contributed by atoms with Gasteiger partial charge in [-0.05, 0) is 98.7 Å². The van der Waals surface area contributed by atoms with Crippen LogP contribution in [0.4, 0.5) is 0 Å². The zero-order valence-corrected chi connectivity index (χ0v) is 18.6. The molecular weight excluding hydrogens is 356 g/mol. The fraction of sp³-hybridized carbons (Fsp3) is 0.741. The summed E-state index contributed by atoms with van der Waals surface area (Å²) in [6.07, 6.45) is 15.6. The number of hydrogen-bond donors (Lipinski definition) is 0. The Morgan fingerprint density at radius 1 is 0.690 bits per heavy atom. The lowest BCUT2D eigenvalue weighted by Crippen LogP contribution is -2.29. The molecule has 29 heavy (non-hydrogen) atoms. The highest BCUT2D eigenvalue weighted by molar-refractivity contribution is 5.89. The summed E-state index contributed by atoms with van der Waals surface area (Å²) in [4.78, 5) is 12.6. The first-order valence-corrected chi connectivity index (χ1v) is 12.4. The van der Waals surface area contributed by atoms with E-state index in [9.17, 15) is 4.79 Å². The maximum absolute atomic E-state index is 12.6. The number of ether oxygens (including phenoxy) is 1. The van der Waals surface area contributed by atoms with Crippen LogP contribution in [0.5, 0.6) is 0 Å². The molecular formula is C27H40O2. The molecule has 0 aromatic heterocycles. The predicted octanol–water partition coefficient (Wildman–Crippen LogP) is 7.52. The van der Waals surface area contributed by atoms with Crippen molar-refractivity contribution in [1.82, 2.24) is 0 Å². The van der Waals surface area contributed by atoms with Gasteiger partial charge in [-0.2, -0.15) is 0 Å². The average molecular weight is 397 g/mol. The van der Waals surface area contributed by atoms with E-state index in [1.165, 1.54) is 69.8 Å². The highest BCUT2D eigenvalue weighted by Gasteiger charge is 2.31. The van der Waals surface area contributed by atoms with E-state index >= 15 is 0 Å². The summed E-state index contributed by atoms with van der Waals surface area (Å²) in [5.74, 6) is 4.15.